The summed E-state index contributed by atoms with van der Waals surface area (Å²) < 4.78 is 7.74. The van der Waals surface area contributed by atoms with E-state index in [2.05, 4.69) is 14.8 Å². The topological polar surface area (TPSA) is 43.9 Å². The molecule has 4 heteroatoms. The molecule has 0 unspecified atom stereocenters. The van der Waals surface area contributed by atoms with Gasteiger partial charge in [0.05, 0.1) is 0 Å². The predicted octanol–water partition coefficient (Wildman–Crippen LogP) is 2.18. The van der Waals surface area contributed by atoms with E-state index in [1.54, 1.807) is 0 Å². The van der Waals surface area contributed by atoms with E-state index in [9.17, 15) is 0 Å². The molecule has 3 heterocycles. The number of furan rings is 1. The lowest BCUT2D eigenvalue weighted by Crippen LogP contribution is -2.11. The van der Waals surface area contributed by atoms with E-state index in [1.165, 1.54) is 12.8 Å². The Labute approximate surface area is 87.9 Å². The fourth-order valence-electron chi connectivity index (χ4n) is 2.05. The second-order valence-corrected chi connectivity index (χ2v) is 3.96. The van der Waals surface area contributed by atoms with Crippen LogP contribution in [0.3, 0.4) is 0 Å². The molecule has 0 aliphatic carbocycles. The molecule has 0 radical (unpaired) electrons. The minimum Gasteiger partial charge on any atom is -0.458 e. The van der Waals surface area contributed by atoms with Crippen molar-refractivity contribution in [2.75, 3.05) is 0 Å². The number of nitrogens with zero attached hydrogens (tertiary/aromatic N) is 3. The van der Waals surface area contributed by atoms with E-state index in [4.69, 9.17) is 4.42 Å². The van der Waals surface area contributed by atoms with Gasteiger partial charge in [0, 0.05) is 13.0 Å². The van der Waals surface area contributed by atoms with Crippen LogP contribution in [0.1, 0.15) is 24.4 Å². The lowest BCUT2D eigenvalue weighted by Gasteiger charge is -2.13. The minimum absolute atomic E-state index is 0.827. The molecule has 0 amide bonds. The van der Waals surface area contributed by atoms with Crippen LogP contribution in [-0.4, -0.2) is 14.8 Å². The molecule has 0 aromatic carbocycles. The summed E-state index contributed by atoms with van der Waals surface area (Å²) >= 11 is 0. The highest BCUT2D eigenvalue weighted by Gasteiger charge is 2.18. The second-order valence-electron chi connectivity index (χ2n) is 3.96. The number of hydrogen-bond acceptors (Lipinski definition) is 3. The molecule has 4 nitrogen and oxygen atoms in total. The van der Waals surface area contributed by atoms with Gasteiger partial charge in [-0.05, 0) is 31.9 Å². The number of aryl methyl sites for hydroxylation is 2. The number of rotatable bonds is 1. The fourth-order valence-corrected chi connectivity index (χ4v) is 2.05. The van der Waals surface area contributed by atoms with E-state index in [0.29, 0.717) is 0 Å². The molecule has 15 heavy (non-hydrogen) atoms. The van der Waals surface area contributed by atoms with Gasteiger partial charge in [0.15, 0.2) is 11.6 Å². The highest BCUT2D eigenvalue weighted by molar-refractivity contribution is 5.47. The molecule has 2 aromatic heterocycles. The molecule has 3 rings (SSSR count). The van der Waals surface area contributed by atoms with E-state index < -0.39 is 0 Å². The maximum Gasteiger partial charge on any atom is 0.199 e. The molecule has 0 spiro atoms. The van der Waals surface area contributed by atoms with Gasteiger partial charge >= 0.3 is 0 Å². The Morgan fingerprint density at radius 1 is 1.27 bits per heavy atom. The van der Waals surface area contributed by atoms with Crippen molar-refractivity contribution in [2.45, 2.75) is 32.7 Å². The standard InChI is InChI=1S/C11H13N3O/c1-8-5-6-9(15-8)11-13-12-10-4-2-3-7-14(10)11/h5-6H,2-4,7H2,1H3. The number of fused-ring (bicyclic) bond motifs is 1. The van der Waals surface area contributed by atoms with E-state index >= 15 is 0 Å². The molecular formula is C11H13N3O. The van der Waals surface area contributed by atoms with Crippen molar-refractivity contribution in [3.63, 3.8) is 0 Å². The largest absolute Gasteiger partial charge is 0.458 e. The fraction of sp³-hybridized carbons (Fsp3) is 0.455. The normalized spacial score (nSPS) is 15.3. The Morgan fingerprint density at radius 2 is 2.20 bits per heavy atom. The van der Waals surface area contributed by atoms with Gasteiger partial charge in [0.25, 0.3) is 0 Å². The van der Waals surface area contributed by atoms with Gasteiger partial charge in [-0.3, -0.25) is 0 Å². The van der Waals surface area contributed by atoms with Crippen molar-refractivity contribution >= 4 is 0 Å². The van der Waals surface area contributed by atoms with Gasteiger partial charge in [0.2, 0.25) is 0 Å². The summed E-state index contributed by atoms with van der Waals surface area (Å²) in [6.45, 7) is 2.95. The molecule has 0 bridgehead atoms. The lowest BCUT2D eigenvalue weighted by molar-refractivity contribution is 0.507. The molecule has 0 fully saturated rings. The summed E-state index contributed by atoms with van der Waals surface area (Å²) in [5, 5.41) is 8.40. The zero-order valence-corrected chi connectivity index (χ0v) is 8.73. The molecule has 0 saturated heterocycles. The molecule has 0 saturated carbocycles. The molecule has 2 aromatic rings. The number of aromatic nitrogens is 3. The van der Waals surface area contributed by atoms with Crippen molar-refractivity contribution in [1.29, 1.82) is 0 Å². The maximum absolute atomic E-state index is 5.57. The summed E-state index contributed by atoms with van der Waals surface area (Å²) in [5.74, 6) is 3.70. The smallest absolute Gasteiger partial charge is 0.199 e. The minimum atomic E-state index is 0.827. The molecule has 1 aliphatic heterocycles. The summed E-state index contributed by atoms with van der Waals surface area (Å²) in [5.41, 5.74) is 0. The Hall–Kier alpha value is -1.58. The molecular weight excluding hydrogens is 190 g/mol. The highest BCUT2D eigenvalue weighted by atomic mass is 16.3. The first-order chi connectivity index (χ1) is 7.34. The summed E-state index contributed by atoms with van der Waals surface area (Å²) in [7, 11) is 0. The third-order valence-electron chi connectivity index (χ3n) is 2.82. The van der Waals surface area contributed by atoms with Crippen molar-refractivity contribution in [2.24, 2.45) is 0 Å². The van der Waals surface area contributed by atoms with Gasteiger partial charge in [-0.25, -0.2) is 0 Å². The van der Waals surface area contributed by atoms with Crippen molar-refractivity contribution < 1.29 is 4.42 Å². The van der Waals surface area contributed by atoms with Crippen LogP contribution < -0.4 is 0 Å². The van der Waals surface area contributed by atoms with Crippen molar-refractivity contribution in [1.82, 2.24) is 14.8 Å². The zero-order chi connectivity index (χ0) is 10.3. The van der Waals surface area contributed by atoms with Crippen LogP contribution >= 0.6 is 0 Å². The van der Waals surface area contributed by atoms with Crippen LogP contribution in [0, 0.1) is 6.92 Å². The molecule has 0 N–H and O–H groups in total. The number of hydrogen-bond donors (Lipinski definition) is 0. The average molecular weight is 203 g/mol. The first-order valence-corrected chi connectivity index (χ1v) is 5.33. The SMILES string of the molecule is Cc1ccc(-c2nnc3n2CCCC3)o1. The van der Waals surface area contributed by atoms with Crippen LogP contribution in [0.2, 0.25) is 0 Å². The Morgan fingerprint density at radius 3 is 3.00 bits per heavy atom. The predicted molar refractivity (Wildman–Crippen MR) is 55.4 cm³/mol. The zero-order valence-electron chi connectivity index (χ0n) is 8.73. The average Bonchev–Trinajstić information content (AvgIpc) is 2.83. The van der Waals surface area contributed by atoms with E-state index in [-0.39, 0.29) is 0 Å². The van der Waals surface area contributed by atoms with E-state index in [1.807, 2.05) is 19.1 Å². The van der Waals surface area contributed by atoms with Gasteiger partial charge in [-0.2, -0.15) is 0 Å². The van der Waals surface area contributed by atoms with Crippen LogP contribution in [0.4, 0.5) is 0 Å². The quantitative estimate of drug-likeness (QED) is 0.713. The Balaban J connectivity index is 2.08. The molecule has 0 atom stereocenters. The first kappa shape index (κ1) is 8.71. The third-order valence-corrected chi connectivity index (χ3v) is 2.82. The van der Waals surface area contributed by atoms with Gasteiger partial charge in [-0.15, -0.1) is 10.2 Å². The van der Waals surface area contributed by atoms with Crippen LogP contribution in [-0.2, 0) is 13.0 Å². The lowest BCUT2D eigenvalue weighted by atomic mass is 10.1. The maximum atomic E-state index is 5.57. The van der Waals surface area contributed by atoms with Crippen LogP contribution in [0.25, 0.3) is 11.6 Å². The summed E-state index contributed by atoms with van der Waals surface area (Å²) in [6, 6.07) is 3.92. The molecule has 78 valence electrons. The van der Waals surface area contributed by atoms with Gasteiger partial charge < -0.3 is 8.98 Å². The van der Waals surface area contributed by atoms with Crippen LogP contribution in [0.5, 0.6) is 0 Å². The highest BCUT2D eigenvalue weighted by Crippen LogP contribution is 2.24. The van der Waals surface area contributed by atoms with E-state index in [0.717, 1.165) is 36.1 Å². The van der Waals surface area contributed by atoms with Gasteiger partial charge in [0.1, 0.15) is 11.6 Å². The van der Waals surface area contributed by atoms with Crippen molar-refractivity contribution in [3.05, 3.63) is 23.7 Å². The summed E-state index contributed by atoms with van der Waals surface area (Å²) in [4.78, 5) is 0. The van der Waals surface area contributed by atoms with Crippen molar-refractivity contribution in [3.8, 4) is 11.6 Å². The molecule has 1 aliphatic rings. The Bertz CT molecular complexity index is 484. The summed E-state index contributed by atoms with van der Waals surface area (Å²) in [6.07, 6.45) is 3.46. The first-order valence-electron chi connectivity index (χ1n) is 5.33. The van der Waals surface area contributed by atoms with Gasteiger partial charge in [-0.1, -0.05) is 0 Å². The van der Waals surface area contributed by atoms with Crippen LogP contribution in [0.15, 0.2) is 16.5 Å². The monoisotopic (exact) mass is 203 g/mol. The second kappa shape index (κ2) is 3.22. The third kappa shape index (κ3) is 1.37. The Kier molecular flexibility index (Phi) is 1.87.